The fourth-order valence-corrected chi connectivity index (χ4v) is 2.50. The topological polar surface area (TPSA) is 88.7 Å². The van der Waals surface area contributed by atoms with Crippen molar-refractivity contribution in [2.45, 2.75) is 77.6 Å². The van der Waals surface area contributed by atoms with Gasteiger partial charge in [0.15, 0.2) is 0 Å². The maximum Gasteiger partial charge on any atom is 1.00 e. The van der Waals surface area contributed by atoms with Crippen LogP contribution in [0.3, 0.4) is 0 Å². The van der Waals surface area contributed by atoms with Gasteiger partial charge in [0.1, 0.15) is 0 Å². The maximum atomic E-state index is 10.3. The van der Waals surface area contributed by atoms with Crippen LogP contribution in [0.1, 0.15) is 77.6 Å². The zero-order valence-corrected chi connectivity index (χ0v) is 15.4. The van der Waals surface area contributed by atoms with Crippen LogP contribution in [0, 0.1) is 0 Å². The van der Waals surface area contributed by atoms with Gasteiger partial charge in [0.05, 0.1) is 10.1 Å². The molecule has 0 aliphatic rings. The molecule has 0 spiro atoms. The molecule has 0 saturated carbocycles. The Kier molecular flexibility index (Phi) is 22.1. The fraction of sp³-hybridized carbons (Fsp3) is 1.00. The third kappa shape index (κ3) is 24.3. The van der Waals surface area contributed by atoms with Gasteiger partial charge >= 0.3 is 29.6 Å². The minimum Gasteiger partial charge on any atom is -0.748 e. The van der Waals surface area contributed by atoms with E-state index in [4.69, 9.17) is 0 Å². The summed E-state index contributed by atoms with van der Waals surface area (Å²) in [5.41, 5.74) is 0. The SMILES string of the molecule is CCCCCCCCCCCCCS(=O)(=O)[O-].O.[Na+]. The number of hydrogen-bond donors (Lipinski definition) is 0. The Bertz CT molecular complexity index is 255. The van der Waals surface area contributed by atoms with E-state index in [1.165, 1.54) is 51.4 Å². The van der Waals surface area contributed by atoms with Gasteiger partial charge < -0.3 is 10.0 Å². The van der Waals surface area contributed by atoms with Crippen LogP contribution < -0.4 is 29.6 Å². The largest absolute Gasteiger partial charge is 1.00 e. The van der Waals surface area contributed by atoms with Crippen LogP contribution >= 0.6 is 0 Å². The molecule has 0 rings (SSSR count). The van der Waals surface area contributed by atoms with Crippen molar-refractivity contribution in [3.63, 3.8) is 0 Å². The van der Waals surface area contributed by atoms with Gasteiger partial charge in [-0.15, -0.1) is 0 Å². The first-order chi connectivity index (χ1) is 8.06. The third-order valence-corrected chi connectivity index (χ3v) is 3.79. The summed E-state index contributed by atoms with van der Waals surface area (Å²) in [5, 5.41) is 0. The Hall–Kier alpha value is 0.870. The van der Waals surface area contributed by atoms with Crippen LogP contribution in [0.4, 0.5) is 0 Å². The number of unbranched alkanes of at least 4 members (excludes halogenated alkanes) is 10. The molecule has 112 valence electrons. The Labute approximate surface area is 141 Å². The van der Waals surface area contributed by atoms with E-state index in [0.717, 1.165) is 12.8 Å². The van der Waals surface area contributed by atoms with Crippen molar-refractivity contribution < 1.29 is 48.0 Å². The van der Waals surface area contributed by atoms with Crippen LogP contribution in [0.15, 0.2) is 0 Å². The molecule has 0 aromatic rings. The average molecular weight is 304 g/mol. The molecule has 19 heavy (non-hydrogen) atoms. The first kappa shape index (κ1) is 24.9. The van der Waals surface area contributed by atoms with E-state index >= 15 is 0 Å². The molecule has 2 N–H and O–H groups in total. The predicted octanol–water partition coefficient (Wildman–Crippen LogP) is 0.0219. The van der Waals surface area contributed by atoms with Gasteiger partial charge in [-0.2, -0.15) is 0 Å². The molecule has 4 nitrogen and oxygen atoms in total. The van der Waals surface area contributed by atoms with Crippen LogP contribution in [-0.2, 0) is 10.1 Å². The van der Waals surface area contributed by atoms with Gasteiger partial charge in [-0.25, -0.2) is 8.42 Å². The van der Waals surface area contributed by atoms with Gasteiger partial charge in [0.25, 0.3) is 0 Å². The molecule has 0 aliphatic heterocycles. The summed E-state index contributed by atoms with van der Waals surface area (Å²) < 4.78 is 31.0. The van der Waals surface area contributed by atoms with Gasteiger partial charge in [-0.3, -0.25) is 0 Å². The number of hydrogen-bond acceptors (Lipinski definition) is 3. The zero-order chi connectivity index (χ0) is 13.0. The van der Waals surface area contributed by atoms with E-state index in [1.807, 2.05) is 0 Å². The van der Waals surface area contributed by atoms with E-state index in [9.17, 15) is 13.0 Å². The standard InChI is InChI=1S/C13H28O3S.Na.H2O/c1-2-3-4-5-6-7-8-9-10-11-12-13-17(14,15)16;;/h2-13H2,1H3,(H,14,15,16);;1H2/q;+1;/p-1. The molecule has 0 aromatic carbocycles. The van der Waals surface area contributed by atoms with E-state index in [2.05, 4.69) is 6.92 Å². The molecule has 0 aliphatic carbocycles. The Morgan fingerprint density at radius 3 is 1.37 bits per heavy atom. The van der Waals surface area contributed by atoms with Crippen LogP contribution in [-0.4, -0.2) is 24.2 Å². The summed E-state index contributed by atoms with van der Waals surface area (Å²) in [6.07, 6.45) is 12.9. The number of rotatable bonds is 12. The van der Waals surface area contributed by atoms with Crippen molar-refractivity contribution in [1.29, 1.82) is 0 Å². The van der Waals surface area contributed by atoms with Crippen LogP contribution in [0.2, 0.25) is 0 Å². The molecule has 0 amide bonds. The van der Waals surface area contributed by atoms with Crippen molar-refractivity contribution in [3.05, 3.63) is 0 Å². The Balaban J connectivity index is -0.00000128. The summed E-state index contributed by atoms with van der Waals surface area (Å²) in [7, 11) is -3.98. The second kappa shape index (κ2) is 16.9. The first-order valence-electron chi connectivity index (χ1n) is 7.00. The summed E-state index contributed by atoms with van der Waals surface area (Å²) in [5.74, 6) is -0.190. The molecule has 0 bridgehead atoms. The van der Waals surface area contributed by atoms with Crippen molar-refractivity contribution >= 4 is 10.1 Å². The summed E-state index contributed by atoms with van der Waals surface area (Å²) in [4.78, 5) is 0. The molecular formula is C13H29NaO4S. The van der Waals surface area contributed by atoms with Gasteiger partial charge in [0, 0.05) is 5.75 Å². The maximum absolute atomic E-state index is 10.3. The summed E-state index contributed by atoms with van der Waals surface area (Å²) in [6.45, 7) is 2.22. The van der Waals surface area contributed by atoms with Crippen molar-refractivity contribution in [1.82, 2.24) is 0 Å². The molecule has 0 heterocycles. The van der Waals surface area contributed by atoms with Crippen molar-refractivity contribution in [2.75, 3.05) is 5.75 Å². The third-order valence-electron chi connectivity index (χ3n) is 3.00. The first-order valence-corrected chi connectivity index (χ1v) is 8.57. The molecule has 0 aromatic heterocycles. The molecule has 6 heteroatoms. The van der Waals surface area contributed by atoms with E-state index < -0.39 is 10.1 Å². The predicted molar refractivity (Wildman–Crippen MR) is 74.6 cm³/mol. The summed E-state index contributed by atoms with van der Waals surface area (Å²) in [6, 6.07) is 0. The quantitative estimate of drug-likeness (QED) is 0.289. The van der Waals surface area contributed by atoms with Gasteiger partial charge in [-0.1, -0.05) is 71.1 Å². The van der Waals surface area contributed by atoms with E-state index in [0.29, 0.717) is 6.42 Å². The normalized spacial score (nSPS) is 10.6. The van der Waals surface area contributed by atoms with Gasteiger partial charge in [-0.05, 0) is 6.42 Å². The Morgan fingerprint density at radius 2 is 1.05 bits per heavy atom. The van der Waals surface area contributed by atoms with Crippen molar-refractivity contribution in [3.8, 4) is 0 Å². The van der Waals surface area contributed by atoms with Crippen LogP contribution in [0.25, 0.3) is 0 Å². The molecule has 0 radical (unpaired) electrons. The van der Waals surface area contributed by atoms with Crippen LogP contribution in [0.5, 0.6) is 0 Å². The van der Waals surface area contributed by atoms with Gasteiger partial charge in [0.2, 0.25) is 0 Å². The average Bonchev–Trinajstić information content (AvgIpc) is 2.24. The monoisotopic (exact) mass is 304 g/mol. The molecule has 0 saturated heterocycles. The van der Waals surface area contributed by atoms with Crippen molar-refractivity contribution in [2.24, 2.45) is 0 Å². The molecule has 0 atom stereocenters. The fourth-order valence-electron chi connectivity index (χ4n) is 1.94. The minimum atomic E-state index is -3.98. The van der Waals surface area contributed by atoms with E-state index in [1.54, 1.807) is 0 Å². The molecule has 0 unspecified atom stereocenters. The molecular weight excluding hydrogens is 275 g/mol. The smallest absolute Gasteiger partial charge is 0.748 e. The zero-order valence-electron chi connectivity index (χ0n) is 12.6. The Morgan fingerprint density at radius 1 is 0.737 bits per heavy atom. The summed E-state index contributed by atoms with van der Waals surface area (Å²) >= 11 is 0. The second-order valence-corrected chi connectivity index (χ2v) is 6.32. The second-order valence-electron chi connectivity index (χ2n) is 4.80. The molecule has 0 fully saturated rings. The minimum absolute atomic E-state index is 0. The van der Waals surface area contributed by atoms with E-state index in [-0.39, 0.29) is 40.8 Å².